The number of ether oxygens (including phenoxy) is 1. The van der Waals surface area contributed by atoms with E-state index in [-0.39, 0.29) is 5.97 Å². The molecule has 2 nitrogen and oxygen atoms in total. The number of esters is 1. The molecular weight excluding hydrogens is 224 g/mol. The monoisotopic (exact) mass is 240 g/mol. The van der Waals surface area contributed by atoms with E-state index in [0.29, 0.717) is 13.0 Å². The number of carbonyl (C=O) groups excluding carboxylic acids is 1. The summed E-state index contributed by atoms with van der Waals surface area (Å²) in [6.45, 7) is 5.88. The van der Waals surface area contributed by atoms with Crippen LogP contribution in [0.1, 0.15) is 18.9 Å². The molecule has 0 unspecified atom stereocenters. The van der Waals surface area contributed by atoms with E-state index < -0.39 is 0 Å². The fourth-order valence-corrected chi connectivity index (χ4v) is 1.99. The minimum absolute atomic E-state index is 0.249. The molecular formula is C16H16O2. The van der Waals surface area contributed by atoms with E-state index in [2.05, 4.69) is 30.8 Å². The number of benzene rings is 2. The Hall–Kier alpha value is -2.09. The largest absolute Gasteiger partial charge is 0.466 e. The van der Waals surface area contributed by atoms with Crippen LogP contribution in [0, 0.1) is 0 Å². The molecule has 2 aromatic carbocycles. The van der Waals surface area contributed by atoms with E-state index in [9.17, 15) is 4.79 Å². The number of rotatable bonds is 4. The average molecular weight is 240 g/mol. The van der Waals surface area contributed by atoms with Crippen molar-refractivity contribution in [2.24, 2.45) is 0 Å². The first-order valence-electron chi connectivity index (χ1n) is 5.98. The van der Waals surface area contributed by atoms with E-state index >= 15 is 0 Å². The van der Waals surface area contributed by atoms with Gasteiger partial charge in [0, 0.05) is 13.3 Å². The van der Waals surface area contributed by atoms with Crippen LogP contribution in [0.2, 0.25) is 0 Å². The third-order valence-electron chi connectivity index (χ3n) is 2.88. The number of fused-ring (bicyclic) bond motifs is 1. The highest BCUT2D eigenvalue weighted by Gasteiger charge is 2.04. The van der Waals surface area contributed by atoms with Gasteiger partial charge in [-0.05, 0) is 21.9 Å². The van der Waals surface area contributed by atoms with Gasteiger partial charge in [0.25, 0.3) is 0 Å². The van der Waals surface area contributed by atoms with Gasteiger partial charge in [0.05, 0.1) is 6.61 Å². The zero-order valence-corrected chi connectivity index (χ0v) is 10.5. The maximum Gasteiger partial charge on any atom is 0.302 e. The average Bonchev–Trinajstić information content (AvgIpc) is 2.37. The molecule has 0 aliphatic carbocycles. The second kappa shape index (κ2) is 5.50. The summed E-state index contributed by atoms with van der Waals surface area (Å²) >= 11 is 0. The van der Waals surface area contributed by atoms with Gasteiger partial charge in [-0.1, -0.05) is 49.0 Å². The van der Waals surface area contributed by atoms with E-state index in [0.717, 1.165) is 11.1 Å². The standard InChI is InChI=1S/C16H16O2/c1-12(10-11-18-13(2)17)15-9-5-7-14-6-3-4-8-16(14)15/h3-9H,1,10-11H2,2H3. The minimum Gasteiger partial charge on any atom is -0.466 e. The smallest absolute Gasteiger partial charge is 0.302 e. The molecule has 2 rings (SSSR count). The van der Waals surface area contributed by atoms with Crippen LogP contribution in [0.3, 0.4) is 0 Å². The SMILES string of the molecule is C=C(CCOC(C)=O)c1cccc2ccccc12. The Bertz CT molecular complexity index is 579. The van der Waals surface area contributed by atoms with Gasteiger partial charge in [-0.25, -0.2) is 0 Å². The Morgan fingerprint density at radius 2 is 1.89 bits per heavy atom. The van der Waals surface area contributed by atoms with Crippen LogP contribution >= 0.6 is 0 Å². The maximum absolute atomic E-state index is 10.7. The van der Waals surface area contributed by atoms with Crippen molar-refractivity contribution in [1.29, 1.82) is 0 Å². The predicted molar refractivity (Wildman–Crippen MR) is 74.2 cm³/mol. The summed E-state index contributed by atoms with van der Waals surface area (Å²) in [6.07, 6.45) is 0.660. The summed E-state index contributed by atoms with van der Waals surface area (Å²) < 4.78 is 4.95. The van der Waals surface area contributed by atoms with E-state index in [1.54, 1.807) is 0 Å². The molecule has 92 valence electrons. The lowest BCUT2D eigenvalue weighted by atomic mass is 9.98. The van der Waals surface area contributed by atoms with Crippen LogP contribution in [0.25, 0.3) is 16.3 Å². The first kappa shape index (κ1) is 12.4. The van der Waals surface area contributed by atoms with Crippen LogP contribution in [0.4, 0.5) is 0 Å². The van der Waals surface area contributed by atoms with Gasteiger partial charge in [0.1, 0.15) is 0 Å². The second-order valence-electron chi connectivity index (χ2n) is 4.22. The summed E-state index contributed by atoms with van der Waals surface area (Å²) in [5.41, 5.74) is 2.12. The third-order valence-corrected chi connectivity index (χ3v) is 2.88. The summed E-state index contributed by atoms with van der Waals surface area (Å²) in [5, 5.41) is 2.39. The quantitative estimate of drug-likeness (QED) is 0.760. The van der Waals surface area contributed by atoms with Gasteiger partial charge in [-0.15, -0.1) is 0 Å². The predicted octanol–water partition coefficient (Wildman–Crippen LogP) is 3.81. The molecule has 0 bridgehead atoms. The van der Waals surface area contributed by atoms with E-state index in [1.165, 1.54) is 17.7 Å². The molecule has 0 saturated carbocycles. The van der Waals surface area contributed by atoms with Crippen molar-refractivity contribution in [3.05, 3.63) is 54.6 Å². The van der Waals surface area contributed by atoms with Gasteiger partial charge in [0.15, 0.2) is 0 Å². The summed E-state index contributed by atoms with van der Waals surface area (Å²) in [6, 6.07) is 14.4. The Balaban J connectivity index is 2.20. The van der Waals surface area contributed by atoms with Crippen molar-refractivity contribution < 1.29 is 9.53 Å². The molecule has 2 heteroatoms. The van der Waals surface area contributed by atoms with E-state index in [1.807, 2.05) is 18.2 Å². The molecule has 0 fully saturated rings. The molecule has 0 spiro atoms. The lowest BCUT2D eigenvalue weighted by Crippen LogP contribution is -2.01. The fourth-order valence-electron chi connectivity index (χ4n) is 1.99. The van der Waals surface area contributed by atoms with Gasteiger partial charge in [-0.3, -0.25) is 4.79 Å². The Morgan fingerprint density at radius 1 is 1.17 bits per heavy atom. The van der Waals surface area contributed by atoms with Gasteiger partial charge < -0.3 is 4.74 Å². The lowest BCUT2D eigenvalue weighted by Gasteiger charge is -2.09. The molecule has 0 amide bonds. The fraction of sp³-hybridized carbons (Fsp3) is 0.188. The van der Waals surface area contributed by atoms with Gasteiger partial charge in [-0.2, -0.15) is 0 Å². The van der Waals surface area contributed by atoms with Crippen molar-refractivity contribution in [2.75, 3.05) is 6.61 Å². The molecule has 18 heavy (non-hydrogen) atoms. The van der Waals surface area contributed by atoms with Crippen LogP contribution in [0.15, 0.2) is 49.0 Å². The van der Waals surface area contributed by atoms with Crippen molar-refractivity contribution in [2.45, 2.75) is 13.3 Å². The molecule has 0 radical (unpaired) electrons. The summed E-state index contributed by atoms with van der Waals surface area (Å²) in [4.78, 5) is 10.7. The molecule has 0 aliphatic heterocycles. The normalized spacial score (nSPS) is 10.3. The number of carbonyl (C=O) groups is 1. The first-order chi connectivity index (χ1) is 8.68. The van der Waals surface area contributed by atoms with Crippen molar-refractivity contribution in [3.8, 4) is 0 Å². The van der Waals surface area contributed by atoms with Gasteiger partial charge >= 0.3 is 5.97 Å². The molecule has 2 aromatic rings. The summed E-state index contributed by atoms with van der Waals surface area (Å²) in [7, 11) is 0. The first-order valence-corrected chi connectivity index (χ1v) is 5.98. The Kier molecular flexibility index (Phi) is 3.78. The Morgan fingerprint density at radius 3 is 2.67 bits per heavy atom. The molecule has 0 aromatic heterocycles. The van der Waals surface area contributed by atoms with Gasteiger partial charge in [0.2, 0.25) is 0 Å². The zero-order valence-electron chi connectivity index (χ0n) is 10.5. The molecule has 0 aliphatic rings. The lowest BCUT2D eigenvalue weighted by molar-refractivity contribution is -0.140. The van der Waals surface area contributed by atoms with Crippen molar-refractivity contribution in [3.63, 3.8) is 0 Å². The molecule has 0 heterocycles. The van der Waals surface area contributed by atoms with Crippen molar-refractivity contribution >= 4 is 22.3 Å². The van der Waals surface area contributed by atoms with Crippen LogP contribution in [-0.2, 0) is 9.53 Å². The molecule has 0 N–H and O–H groups in total. The summed E-state index contributed by atoms with van der Waals surface area (Å²) in [5.74, 6) is -0.249. The molecule has 0 atom stereocenters. The third kappa shape index (κ3) is 2.77. The maximum atomic E-state index is 10.7. The highest BCUT2D eigenvalue weighted by molar-refractivity contribution is 5.93. The van der Waals surface area contributed by atoms with Crippen LogP contribution < -0.4 is 0 Å². The van der Waals surface area contributed by atoms with E-state index in [4.69, 9.17) is 4.74 Å². The van der Waals surface area contributed by atoms with Crippen LogP contribution in [0.5, 0.6) is 0 Å². The highest BCUT2D eigenvalue weighted by Crippen LogP contribution is 2.25. The number of hydrogen-bond donors (Lipinski definition) is 0. The highest BCUT2D eigenvalue weighted by atomic mass is 16.5. The van der Waals surface area contributed by atoms with Crippen LogP contribution in [-0.4, -0.2) is 12.6 Å². The van der Waals surface area contributed by atoms with Crippen molar-refractivity contribution in [1.82, 2.24) is 0 Å². The Labute approximate surface area is 107 Å². The minimum atomic E-state index is -0.249. The topological polar surface area (TPSA) is 26.3 Å². The molecule has 0 saturated heterocycles. The zero-order chi connectivity index (χ0) is 13.0. The number of hydrogen-bond acceptors (Lipinski definition) is 2. The second-order valence-corrected chi connectivity index (χ2v) is 4.22.